The van der Waals surface area contributed by atoms with Crippen LogP contribution in [-0.4, -0.2) is 37.9 Å². The number of hydrogen-bond donors (Lipinski definition) is 2. The van der Waals surface area contributed by atoms with Crippen molar-refractivity contribution in [2.45, 2.75) is 41.4 Å². The highest BCUT2D eigenvalue weighted by Gasteiger charge is 2.44. The number of aliphatic carboxylic acids is 1. The van der Waals surface area contributed by atoms with E-state index in [1.54, 1.807) is 0 Å². The molecule has 2 aliphatic rings. The van der Waals surface area contributed by atoms with Crippen molar-refractivity contribution in [2.24, 2.45) is 5.92 Å². The number of carboxylic acid groups (broad SMARTS) is 1. The molecule has 0 aromatic heterocycles. The Balaban J connectivity index is 1.93. The molecular weight excluding hydrogens is 244 g/mol. The topological polar surface area (TPSA) is 57.5 Å². The largest absolute Gasteiger partial charge is 0.481 e. The zero-order valence-corrected chi connectivity index (χ0v) is 10.9. The number of aliphatic hydroxyl groups excluding tert-OH is 1. The molecule has 3 atom stereocenters. The lowest BCUT2D eigenvalue weighted by atomic mass is 9.86. The van der Waals surface area contributed by atoms with Gasteiger partial charge in [-0.3, -0.25) is 4.79 Å². The summed E-state index contributed by atoms with van der Waals surface area (Å²) in [6.45, 7) is 0.253. The number of carbonyl (C=O) groups is 1. The summed E-state index contributed by atoms with van der Waals surface area (Å²) in [6, 6.07) is 0. The quantitative estimate of drug-likeness (QED) is 0.816. The Bertz CT molecular complexity index is 272. The second-order valence-corrected chi connectivity index (χ2v) is 8.05. The molecule has 2 fully saturated rings. The number of thioether (sulfide) groups is 2. The van der Waals surface area contributed by atoms with Crippen molar-refractivity contribution >= 4 is 29.5 Å². The molecule has 0 aromatic carbocycles. The molecule has 1 heterocycles. The summed E-state index contributed by atoms with van der Waals surface area (Å²) in [6.07, 6.45) is 4.68. The standard InChI is InChI=1S/C11H18O3S2/c12-6-9-7-15-11(16-9)3-1-2-8(5-11)4-10(13)14/h8-9,12H,1-7H2,(H,13,14). The van der Waals surface area contributed by atoms with E-state index in [1.807, 2.05) is 23.5 Å². The normalized spacial score (nSPS) is 39.1. The van der Waals surface area contributed by atoms with Gasteiger partial charge in [0.05, 0.1) is 10.7 Å². The van der Waals surface area contributed by atoms with Crippen LogP contribution in [0.3, 0.4) is 0 Å². The lowest BCUT2D eigenvalue weighted by molar-refractivity contribution is -0.138. The van der Waals surface area contributed by atoms with Crippen molar-refractivity contribution in [3.63, 3.8) is 0 Å². The Morgan fingerprint density at radius 2 is 2.31 bits per heavy atom. The number of hydrogen-bond acceptors (Lipinski definition) is 4. The fourth-order valence-corrected chi connectivity index (χ4v) is 6.54. The predicted molar refractivity (Wildman–Crippen MR) is 67.9 cm³/mol. The monoisotopic (exact) mass is 262 g/mol. The summed E-state index contributed by atoms with van der Waals surface area (Å²) in [5, 5.41) is 18.4. The molecule has 5 heteroatoms. The van der Waals surface area contributed by atoms with E-state index in [4.69, 9.17) is 10.2 Å². The van der Waals surface area contributed by atoms with Crippen molar-refractivity contribution in [3.8, 4) is 0 Å². The molecule has 3 unspecified atom stereocenters. The first-order chi connectivity index (χ1) is 7.63. The van der Waals surface area contributed by atoms with Crippen molar-refractivity contribution in [1.29, 1.82) is 0 Å². The Morgan fingerprint density at radius 3 is 2.94 bits per heavy atom. The van der Waals surface area contributed by atoms with Crippen molar-refractivity contribution < 1.29 is 15.0 Å². The Kier molecular flexibility index (Phi) is 4.08. The van der Waals surface area contributed by atoms with Crippen molar-refractivity contribution in [3.05, 3.63) is 0 Å². The molecule has 0 amide bonds. The van der Waals surface area contributed by atoms with E-state index >= 15 is 0 Å². The van der Waals surface area contributed by atoms with E-state index in [0.717, 1.165) is 25.0 Å². The number of aliphatic hydroxyl groups is 1. The van der Waals surface area contributed by atoms with Crippen molar-refractivity contribution in [2.75, 3.05) is 12.4 Å². The minimum Gasteiger partial charge on any atom is -0.481 e. The Hall–Kier alpha value is 0.130. The molecule has 0 bridgehead atoms. The third kappa shape index (κ3) is 2.87. The Labute approximate surface area is 104 Å². The highest BCUT2D eigenvalue weighted by Crippen LogP contribution is 2.57. The third-order valence-corrected chi connectivity index (χ3v) is 7.12. The summed E-state index contributed by atoms with van der Waals surface area (Å²) < 4.78 is 0.214. The van der Waals surface area contributed by atoms with E-state index in [-0.39, 0.29) is 10.7 Å². The molecule has 2 rings (SSSR count). The van der Waals surface area contributed by atoms with Crippen LogP contribution in [0.2, 0.25) is 0 Å². The molecule has 3 nitrogen and oxygen atoms in total. The summed E-state index contributed by atoms with van der Waals surface area (Å²) in [5.74, 6) is 0.679. The average Bonchev–Trinajstić information content (AvgIpc) is 2.60. The highest BCUT2D eigenvalue weighted by molar-refractivity contribution is 8.21. The van der Waals surface area contributed by atoms with E-state index in [9.17, 15) is 4.79 Å². The summed E-state index contributed by atoms with van der Waals surface area (Å²) in [4.78, 5) is 10.7. The zero-order valence-electron chi connectivity index (χ0n) is 9.22. The smallest absolute Gasteiger partial charge is 0.303 e. The molecule has 1 aliphatic heterocycles. The number of carboxylic acids is 1. The van der Waals surface area contributed by atoms with Gasteiger partial charge in [-0.2, -0.15) is 0 Å². The molecule has 1 saturated heterocycles. The molecular formula is C11H18O3S2. The first-order valence-electron chi connectivity index (χ1n) is 5.78. The van der Waals surface area contributed by atoms with Gasteiger partial charge in [0.25, 0.3) is 0 Å². The second kappa shape index (κ2) is 5.19. The summed E-state index contributed by atoms with van der Waals surface area (Å²) in [7, 11) is 0. The minimum absolute atomic E-state index is 0.214. The molecule has 92 valence electrons. The maximum Gasteiger partial charge on any atom is 0.303 e. The van der Waals surface area contributed by atoms with Gasteiger partial charge in [0.2, 0.25) is 0 Å². The van der Waals surface area contributed by atoms with Gasteiger partial charge >= 0.3 is 5.97 Å². The molecule has 16 heavy (non-hydrogen) atoms. The lowest BCUT2D eigenvalue weighted by Gasteiger charge is -2.36. The van der Waals surface area contributed by atoms with Crippen LogP contribution in [0.25, 0.3) is 0 Å². The highest BCUT2D eigenvalue weighted by atomic mass is 32.2. The van der Waals surface area contributed by atoms with Crippen LogP contribution < -0.4 is 0 Å². The third-order valence-electron chi connectivity index (χ3n) is 3.35. The van der Waals surface area contributed by atoms with Gasteiger partial charge in [-0.05, 0) is 25.2 Å². The minimum atomic E-state index is -0.672. The van der Waals surface area contributed by atoms with Gasteiger partial charge in [-0.25, -0.2) is 0 Å². The van der Waals surface area contributed by atoms with Crippen LogP contribution in [0.1, 0.15) is 32.1 Å². The first-order valence-corrected chi connectivity index (χ1v) is 7.64. The van der Waals surface area contributed by atoms with Crippen LogP contribution in [0.15, 0.2) is 0 Å². The van der Waals surface area contributed by atoms with Gasteiger partial charge in [0.15, 0.2) is 0 Å². The second-order valence-electron chi connectivity index (χ2n) is 4.70. The van der Waals surface area contributed by atoms with E-state index in [0.29, 0.717) is 17.6 Å². The first kappa shape index (κ1) is 12.6. The van der Waals surface area contributed by atoms with Crippen LogP contribution in [0.4, 0.5) is 0 Å². The van der Waals surface area contributed by atoms with Gasteiger partial charge in [0, 0.05) is 17.4 Å². The summed E-state index contributed by atoms with van der Waals surface area (Å²) >= 11 is 3.82. The van der Waals surface area contributed by atoms with Crippen LogP contribution in [-0.2, 0) is 4.79 Å². The molecule has 2 N–H and O–H groups in total. The van der Waals surface area contributed by atoms with Gasteiger partial charge in [-0.15, -0.1) is 23.5 Å². The van der Waals surface area contributed by atoms with Crippen LogP contribution >= 0.6 is 23.5 Å². The molecule has 1 aliphatic carbocycles. The molecule has 0 aromatic rings. The van der Waals surface area contributed by atoms with Crippen LogP contribution in [0, 0.1) is 5.92 Å². The van der Waals surface area contributed by atoms with E-state index in [2.05, 4.69) is 0 Å². The zero-order chi connectivity index (χ0) is 11.6. The predicted octanol–water partition coefficient (Wildman–Crippen LogP) is 2.19. The lowest BCUT2D eigenvalue weighted by Crippen LogP contribution is -2.28. The van der Waals surface area contributed by atoms with Gasteiger partial charge in [0.1, 0.15) is 0 Å². The maximum absolute atomic E-state index is 10.7. The van der Waals surface area contributed by atoms with Gasteiger partial charge < -0.3 is 10.2 Å². The maximum atomic E-state index is 10.7. The van der Waals surface area contributed by atoms with E-state index in [1.165, 1.54) is 6.42 Å². The molecule has 1 saturated carbocycles. The van der Waals surface area contributed by atoms with Crippen LogP contribution in [0.5, 0.6) is 0 Å². The molecule has 0 radical (unpaired) electrons. The fourth-order valence-electron chi connectivity index (χ4n) is 2.67. The van der Waals surface area contributed by atoms with Crippen molar-refractivity contribution in [1.82, 2.24) is 0 Å². The van der Waals surface area contributed by atoms with Gasteiger partial charge in [-0.1, -0.05) is 6.42 Å². The fraction of sp³-hybridized carbons (Fsp3) is 0.909. The Morgan fingerprint density at radius 1 is 1.50 bits per heavy atom. The molecule has 1 spiro atoms. The number of rotatable bonds is 3. The van der Waals surface area contributed by atoms with E-state index < -0.39 is 5.97 Å². The SMILES string of the molecule is O=C(O)CC1CCCC2(C1)SCC(CO)S2. The average molecular weight is 262 g/mol. The summed E-state index contributed by atoms with van der Waals surface area (Å²) in [5.41, 5.74) is 0.